The second-order valence-corrected chi connectivity index (χ2v) is 8.73. The number of halogens is 2. The highest BCUT2D eigenvalue weighted by Gasteiger charge is 2.27. The molecule has 0 bridgehead atoms. The van der Waals surface area contributed by atoms with Crippen molar-refractivity contribution >= 4 is 17.3 Å². The Morgan fingerprint density at radius 1 is 1.00 bits per heavy atom. The second-order valence-electron chi connectivity index (χ2n) is 8.73. The molecule has 0 spiro atoms. The smallest absolute Gasteiger partial charge is 0.246 e. The Morgan fingerprint density at radius 2 is 1.79 bits per heavy atom. The van der Waals surface area contributed by atoms with Crippen LogP contribution < -0.4 is 10.2 Å². The van der Waals surface area contributed by atoms with E-state index in [4.69, 9.17) is 4.74 Å². The number of ether oxygens (including phenoxy) is 1. The Hall–Kier alpha value is -3.04. The number of morpholine rings is 1. The van der Waals surface area contributed by atoms with E-state index >= 15 is 0 Å². The van der Waals surface area contributed by atoms with Crippen LogP contribution in [0.15, 0.2) is 42.7 Å². The Morgan fingerprint density at radius 3 is 2.58 bits per heavy atom. The summed E-state index contributed by atoms with van der Waals surface area (Å²) in [7, 11) is 0. The zero-order valence-electron chi connectivity index (χ0n) is 18.7. The van der Waals surface area contributed by atoms with Gasteiger partial charge in [-0.2, -0.15) is 4.98 Å². The van der Waals surface area contributed by atoms with Gasteiger partial charge in [-0.15, -0.1) is 5.10 Å². The van der Waals surface area contributed by atoms with Gasteiger partial charge in [-0.25, -0.2) is 13.5 Å². The minimum atomic E-state index is -0.657. The summed E-state index contributed by atoms with van der Waals surface area (Å²) in [6, 6.07) is 10.1. The molecule has 0 radical (unpaired) electrons. The van der Waals surface area contributed by atoms with Crippen LogP contribution in [0.3, 0.4) is 0 Å². The van der Waals surface area contributed by atoms with E-state index in [1.54, 1.807) is 0 Å². The van der Waals surface area contributed by atoms with Crippen molar-refractivity contribution in [1.29, 1.82) is 0 Å². The average molecular weight is 455 g/mol. The van der Waals surface area contributed by atoms with Crippen molar-refractivity contribution < 1.29 is 13.5 Å². The van der Waals surface area contributed by atoms with Crippen LogP contribution in [0, 0.1) is 18.6 Å². The maximum atomic E-state index is 13.6. The maximum Gasteiger partial charge on any atom is 0.246 e. The van der Waals surface area contributed by atoms with Gasteiger partial charge in [0.05, 0.1) is 18.9 Å². The first-order valence-electron chi connectivity index (χ1n) is 11.4. The van der Waals surface area contributed by atoms with Crippen LogP contribution in [-0.2, 0) is 4.74 Å². The van der Waals surface area contributed by atoms with E-state index in [1.165, 1.54) is 41.7 Å². The summed E-state index contributed by atoms with van der Waals surface area (Å²) in [6.45, 7) is 7.78. The van der Waals surface area contributed by atoms with E-state index in [-0.39, 0.29) is 5.69 Å². The van der Waals surface area contributed by atoms with Crippen LogP contribution in [0.5, 0.6) is 0 Å². The van der Waals surface area contributed by atoms with Gasteiger partial charge in [-0.3, -0.25) is 4.90 Å². The number of nitrogens with one attached hydrogen (secondary N) is 1. The molecular formula is C24H28F2N6O. The third-order valence-electron chi connectivity index (χ3n) is 6.20. The van der Waals surface area contributed by atoms with Gasteiger partial charge in [0, 0.05) is 49.7 Å². The van der Waals surface area contributed by atoms with Crippen LogP contribution >= 0.6 is 0 Å². The first kappa shape index (κ1) is 21.8. The number of hydrogen-bond acceptors (Lipinski definition) is 6. The fourth-order valence-electron chi connectivity index (χ4n) is 4.69. The molecule has 0 saturated carbocycles. The van der Waals surface area contributed by atoms with Crippen molar-refractivity contribution in [2.45, 2.75) is 25.8 Å². The monoisotopic (exact) mass is 454 g/mol. The van der Waals surface area contributed by atoms with Crippen molar-refractivity contribution in [2.75, 3.05) is 49.6 Å². The van der Waals surface area contributed by atoms with Crippen molar-refractivity contribution in [3.05, 3.63) is 59.9 Å². The molecule has 33 heavy (non-hydrogen) atoms. The standard InChI is InChI=1S/C24H28F2N6O/c1-17-9-20(28-24-27-16-32(29-24)23-12-18(25)11-19(26)13-23)14-22(10-17)31-4-2-3-21(31)15-30-5-7-33-8-6-30/h9-14,16,21H,2-8,15H2,1H3,(H,28,29)/t21-/m0/s1. The molecule has 7 nitrogen and oxygen atoms in total. The minimum Gasteiger partial charge on any atom is -0.379 e. The van der Waals surface area contributed by atoms with Crippen LogP contribution in [0.4, 0.5) is 26.1 Å². The highest BCUT2D eigenvalue weighted by molar-refractivity contribution is 5.64. The van der Waals surface area contributed by atoms with Crippen molar-refractivity contribution in [2.24, 2.45) is 0 Å². The number of hydrogen-bond donors (Lipinski definition) is 1. The number of rotatable bonds is 6. The van der Waals surface area contributed by atoms with Crippen molar-refractivity contribution in [3.63, 3.8) is 0 Å². The lowest BCUT2D eigenvalue weighted by Crippen LogP contribution is -2.45. The maximum absolute atomic E-state index is 13.6. The predicted molar refractivity (Wildman–Crippen MR) is 123 cm³/mol. The predicted octanol–water partition coefficient (Wildman–Crippen LogP) is 3.90. The quantitative estimate of drug-likeness (QED) is 0.610. The van der Waals surface area contributed by atoms with Gasteiger partial charge < -0.3 is 15.0 Å². The van der Waals surface area contributed by atoms with Gasteiger partial charge in [0.15, 0.2) is 0 Å². The second kappa shape index (κ2) is 9.44. The number of aromatic nitrogens is 3. The Labute approximate surface area is 192 Å². The van der Waals surface area contributed by atoms with Crippen LogP contribution in [0.1, 0.15) is 18.4 Å². The first-order chi connectivity index (χ1) is 16.0. The summed E-state index contributed by atoms with van der Waals surface area (Å²) in [5.74, 6) is -0.950. The molecule has 0 unspecified atom stereocenters. The van der Waals surface area contributed by atoms with E-state index < -0.39 is 11.6 Å². The van der Waals surface area contributed by atoms with Gasteiger partial charge in [0.2, 0.25) is 5.95 Å². The fourth-order valence-corrected chi connectivity index (χ4v) is 4.69. The van der Waals surface area contributed by atoms with Gasteiger partial charge in [0.1, 0.15) is 18.0 Å². The molecule has 2 aromatic carbocycles. The summed E-state index contributed by atoms with van der Waals surface area (Å²) in [5, 5.41) is 7.58. The summed E-state index contributed by atoms with van der Waals surface area (Å²) in [4.78, 5) is 9.25. The molecule has 3 heterocycles. The molecule has 174 valence electrons. The molecule has 3 aromatic rings. The molecule has 1 N–H and O–H groups in total. The van der Waals surface area contributed by atoms with E-state index in [1.807, 2.05) is 6.07 Å². The van der Waals surface area contributed by atoms with Crippen molar-refractivity contribution in [3.8, 4) is 5.69 Å². The largest absolute Gasteiger partial charge is 0.379 e. The zero-order valence-corrected chi connectivity index (χ0v) is 18.7. The molecule has 2 saturated heterocycles. The van der Waals surface area contributed by atoms with Gasteiger partial charge in [-0.1, -0.05) is 0 Å². The molecular weight excluding hydrogens is 426 g/mol. The van der Waals surface area contributed by atoms with E-state index in [2.05, 4.69) is 44.3 Å². The lowest BCUT2D eigenvalue weighted by atomic mass is 10.1. The Kier molecular flexibility index (Phi) is 6.24. The molecule has 0 amide bonds. The summed E-state index contributed by atoms with van der Waals surface area (Å²) >= 11 is 0. The minimum absolute atomic E-state index is 0.279. The topological polar surface area (TPSA) is 58.5 Å². The third kappa shape index (κ3) is 5.15. The lowest BCUT2D eigenvalue weighted by Gasteiger charge is -2.34. The summed E-state index contributed by atoms with van der Waals surface area (Å²) in [5.41, 5.74) is 3.48. The number of nitrogens with zero attached hydrogens (tertiary/aromatic N) is 5. The molecule has 1 aromatic heterocycles. The van der Waals surface area contributed by atoms with Crippen molar-refractivity contribution in [1.82, 2.24) is 19.7 Å². The molecule has 2 fully saturated rings. The van der Waals surface area contributed by atoms with Crippen LogP contribution in [0.2, 0.25) is 0 Å². The molecule has 1 atom stereocenters. The average Bonchev–Trinajstić information content (AvgIpc) is 3.43. The first-order valence-corrected chi connectivity index (χ1v) is 11.4. The van der Waals surface area contributed by atoms with E-state index in [0.29, 0.717) is 12.0 Å². The van der Waals surface area contributed by atoms with E-state index in [9.17, 15) is 8.78 Å². The van der Waals surface area contributed by atoms with Crippen LogP contribution in [-0.4, -0.2) is 65.1 Å². The highest BCUT2D eigenvalue weighted by atomic mass is 19.1. The molecule has 2 aliphatic rings. The fraction of sp³-hybridized carbons (Fsp3) is 0.417. The highest BCUT2D eigenvalue weighted by Crippen LogP contribution is 2.30. The van der Waals surface area contributed by atoms with Gasteiger partial charge in [-0.05, 0) is 55.7 Å². The normalized spacial score (nSPS) is 19.2. The zero-order chi connectivity index (χ0) is 22.8. The van der Waals surface area contributed by atoms with Crippen LogP contribution in [0.25, 0.3) is 5.69 Å². The molecule has 5 rings (SSSR count). The Balaban J connectivity index is 1.32. The summed E-state index contributed by atoms with van der Waals surface area (Å²) in [6.07, 6.45) is 3.80. The Bertz CT molecular complexity index is 1090. The number of benzene rings is 2. The van der Waals surface area contributed by atoms with Gasteiger partial charge >= 0.3 is 0 Å². The van der Waals surface area contributed by atoms with Gasteiger partial charge in [0.25, 0.3) is 0 Å². The number of anilines is 3. The lowest BCUT2D eigenvalue weighted by molar-refractivity contribution is 0.0355. The third-order valence-corrected chi connectivity index (χ3v) is 6.20. The molecule has 2 aliphatic heterocycles. The molecule has 9 heteroatoms. The SMILES string of the molecule is Cc1cc(Nc2ncn(-c3cc(F)cc(F)c3)n2)cc(N2CCC[C@H]2CN2CCOCC2)c1. The number of aryl methyl sites for hydroxylation is 1. The van der Waals surface area contributed by atoms with E-state index in [0.717, 1.165) is 56.7 Å². The molecule has 0 aliphatic carbocycles. The summed E-state index contributed by atoms with van der Waals surface area (Å²) < 4.78 is 33.9.